The third-order valence-electron chi connectivity index (χ3n) is 3.22. The van der Waals surface area contributed by atoms with Crippen LogP contribution >= 0.6 is 0 Å². The highest BCUT2D eigenvalue weighted by Crippen LogP contribution is 2.14. The van der Waals surface area contributed by atoms with Gasteiger partial charge in [-0.1, -0.05) is 48.5 Å². The van der Waals surface area contributed by atoms with Crippen LogP contribution in [0.3, 0.4) is 0 Å². The minimum Gasteiger partial charge on any atom is -0.384 e. The fraction of sp³-hybridized carbons (Fsp3) is 0.0952. The lowest BCUT2D eigenvalue weighted by Crippen LogP contribution is -2.12. The Kier molecular flexibility index (Phi) is 6.56. The maximum absolute atomic E-state index is 12.5. The number of aliphatic hydroxyl groups excluding tert-OH is 2. The number of aliphatic hydroxyl groups is 2. The Morgan fingerprint density at radius 2 is 1.56 bits per heavy atom. The Hall–Kier alpha value is -3.31. The second-order valence-corrected chi connectivity index (χ2v) is 5.00. The number of nitrogens with one attached hydrogen (secondary N) is 1. The molecule has 0 fully saturated rings. The van der Waals surface area contributed by atoms with E-state index < -0.39 is 0 Å². The first-order valence-electron chi connectivity index (χ1n) is 7.54. The van der Waals surface area contributed by atoms with E-state index in [2.05, 4.69) is 35.6 Å². The van der Waals surface area contributed by atoms with E-state index in [1.165, 1.54) is 0 Å². The molecule has 0 saturated carbocycles. The maximum atomic E-state index is 12.5. The molecule has 2 aromatic carbocycles. The number of anilines is 1. The van der Waals surface area contributed by atoms with Crippen molar-refractivity contribution in [2.45, 2.75) is 0 Å². The van der Waals surface area contributed by atoms with Gasteiger partial charge in [0.05, 0.1) is 0 Å². The number of rotatable bonds is 3. The number of carbonyl (C=O) groups excluding carboxylic acids is 1. The first-order chi connectivity index (χ1) is 12.2. The number of hydrogen-bond donors (Lipinski definition) is 3. The van der Waals surface area contributed by atoms with Gasteiger partial charge in [0.2, 0.25) is 0 Å². The topological polar surface area (TPSA) is 69.6 Å². The molecule has 2 rings (SSSR count). The lowest BCUT2D eigenvalue weighted by Gasteiger charge is -2.07. The molecule has 0 bridgehead atoms. The van der Waals surface area contributed by atoms with Gasteiger partial charge in [-0.3, -0.25) is 4.79 Å². The fourth-order valence-corrected chi connectivity index (χ4v) is 2.09. The van der Waals surface area contributed by atoms with Gasteiger partial charge in [0.25, 0.3) is 5.91 Å². The third-order valence-corrected chi connectivity index (χ3v) is 3.22. The summed E-state index contributed by atoms with van der Waals surface area (Å²) in [6.07, 6.45) is 1.72. The van der Waals surface area contributed by atoms with Gasteiger partial charge >= 0.3 is 0 Å². The molecule has 0 radical (unpaired) electrons. The fourth-order valence-electron chi connectivity index (χ4n) is 2.09. The van der Waals surface area contributed by atoms with E-state index in [4.69, 9.17) is 10.2 Å². The zero-order chi connectivity index (χ0) is 18.1. The first-order valence-corrected chi connectivity index (χ1v) is 7.54. The molecule has 3 N–H and O–H groups in total. The van der Waals surface area contributed by atoms with Crippen molar-refractivity contribution in [2.24, 2.45) is 0 Å². The normalized spacial score (nSPS) is 9.20. The van der Waals surface area contributed by atoms with E-state index in [-0.39, 0.29) is 19.1 Å². The summed E-state index contributed by atoms with van der Waals surface area (Å²) in [7, 11) is 0. The summed E-state index contributed by atoms with van der Waals surface area (Å²) in [6.45, 7) is 3.14. The predicted molar refractivity (Wildman–Crippen MR) is 98.9 cm³/mol. The summed E-state index contributed by atoms with van der Waals surface area (Å²) in [6, 6.07) is 12.2. The molecule has 0 spiro atoms. The smallest absolute Gasteiger partial charge is 0.255 e. The molecule has 0 aliphatic heterocycles. The van der Waals surface area contributed by atoms with Crippen LogP contribution in [0.25, 0.3) is 6.08 Å². The summed E-state index contributed by atoms with van der Waals surface area (Å²) in [4.78, 5) is 12.5. The highest BCUT2D eigenvalue weighted by Gasteiger charge is 2.08. The monoisotopic (exact) mass is 331 g/mol. The molecule has 0 aliphatic rings. The molecule has 0 aromatic heterocycles. The number of benzene rings is 2. The molecule has 4 nitrogen and oxygen atoms in total. The Morgan fingerprint density at radius 1 is 1.00 bits per heavy atom. The maximum Gasteiger partial charge on any atom is 0.255 e. The molecule has 0 atom stereocenters. The van der Waals surface area contributed by atoms with Gasteiger partial charge in [0, 0.05) is 22.4 Å². The predicted octanol–water partition coefficient (Wildman–Crippen LogP) is 2.27. The van der Waals surface area contributed by atoms with Crippen molar-refractivity contribution < 1.29 is 15.0 Å². The summed E-state index contributed by atoms with van der Waals surface area (Å²) < 4.78 is 0. The molecule has 0 unspecified atom stereocenters. The second kappa shape index (κ2) is 9.10. The highest BCUT2D eigenvalue weighted by molar-refractivity contribution is 6.04. The zero-order valence-electron chi connectivity index (χ0n) is 13.5. The van der Waals surface area contributed by atoms with Crippen molar-refractivity contribution in [1.82, 2.24) is 0 Å². The van der Waals surface area contributed by atoms with E-state index >= 15 is 0 Å². The van der Waals surface area contributed by atoms with Gasteiger partial charge < -0.3 is 15.5 Å². The van der Waals surface area contributed by atoms with Gasteiger partial charge in [-0.25, -0.2) is 0 Å². The average Bonchev–Trinajstić information content (AvgIpc) is 2.65. The Bertz CT molecular complexity index is 850. The van der Waals surface area contributed by atoms with Crippen LogP contribution < -0.4 is 5.32 Å². The van der Waals surface area contributed by atoms with Crippen molar-refractivity contribution in [3.05, 3.63) is 71.3 Å². The summed E-state index contributed by atoms with van der Waals surface area (Å²) >= 11 is 0. The van der Waals surface area contributed by atoms with Crippen molar-refractivity contribution in [3.63, 3.8) is 0 Å². The number of carbonyl (C=O) groups is 1. The highest BCUT2D eigenvalue weighted by atomic mass is 16.3. The van der Waals surface area contributed by atoms with E-state index in [1.54, 1.807) is 36.4 Å². The second-order valence-electron chi connectivity index (χ2n) is 5.00. The lowest BCUT2D eigenvalue weighted by molar-refractivity contribution is 0.102. The van der Waals surface area contributed by atoms with Crippen LogP contribution in [0.2, 0.25) is 0 Å². The molecular weight excluding hydrogens is 314 g/mol. The van der Waals surface area contributed by atoms with Gasteiger partial charge in [-0.05, 0) is 35.9 Å². The molecule has 4 heteroatoms. The van der Waals surface area contributed by atoms with Crippen LogP contribution in [0, 0.1) is 23.7 Å². The van der Waals surface area contributed by atoms with Crippen LogP contribution in [-0.4, -0.2) is 29.3 Å². The van der Waals surface area contributed by atoms with E-state index in [0.717, 1.165) is 5.56 Å². The molecular formula is C21H17NO3. The van der Waals surface area contributed by atoms with Gasteiger partial charge in [0.15, 0.2) is 0 Å². The Labute approximate surface area is 146 Å². The van der Waals surface area contributed by atoms with Crippen molar-refractivity contribution >= 4 is 17.7 Å². The minimum absolute atomic E-state index is 0.274. The SMILES string of the molecule is C=Cc1ccc(NC(=O)c2cc(C#CCO)cc(C#CCO)c2)cc1. The number of hydrogen-bond acceptors (Lipinski definition) is 3. The van der Waals surface area contributed by atoms with E-state index in [1.807, 2.05) is 12.1 Å². The van der Waals surface area contributed by atoms with Gasteiger partial charge in [0.1, 0.15) is 13.2 Å². The molecule has 0 aliphatic carbocycles. The van der Waals surface area contributed by atoms with Crippen molar-refractivity contribution in [1.29, 1.82) is 0 Å². The summed E-state index contributed by atoms with van der Waals surface area (Å²) in [5.41, 5.74) is 3.13. The third kappa shape index (κ3) is 5.37. The van der Waals surface area contributed by atoms with Crippen LogP contribution in [0.15, 0.2) is 49.0 Å². The molecule has 2 aromatic rings. The van der Waals surface area contributed by atoms with Crippen molar-refractivity contribution in [3.8, 4) is 23.7 Å². The Morgan fingerprint density at radius 3 is 2.04 bits per heavy atom. The number of amides is 1. The van der Waals surface area contributed by atoms with Crippen LogP contribution in [0.4, 0.5) is 5.69 Å². The van der Waals surface area contributed by atoms with Gasteiger partial charge in [-0.15, -0.1) is 0 Å². The quantitative estimate of drug-likeness (QED) is 0.756. The van der Waals surface area contributed by atoms with Crippen LogP contribution in [0.1, 0.15) is 27.0 Å². The zero-order valence-corrected chi connectivity index (χ0v) is 13.5. The molecule has 25 heavy (non-hydrogen) atoms. The van der Waals surface area contributed by atoms with E-state index in [0.29, 0.717) is 22.4 Å². The largest absolute Gasteiger partial charge is 0.384 e. The average molecular weight is 331 g/mol. The molecule has 0 saturated heterocycles. The Balaban J connectivity index is 2.31. The van der Waals surface area contributed by atoms with Crippen molar-refractivity contribution in [2.75, 3.05) is 18.5 Å². The molecule has 124 valence electrons. The van der Waals surface area contributed by atoms with Crippen LogP contribution in [-0.2, 0) is 0 Å². The lowest BCUT2D eigenvalue weighted by atomic mass is 10.0. The summed E-state index contributed by atoms with van der Waals surface area (Å²) in [5.74, 6) is 10.3. The first kappa shape index (κ1) is 18.0. The standard InChI is InChI=1S/C21H17NO3/c1-2-16-7-9-20(10-8-16)22-21(25)19-14-17(5-3-11-23)13-18(15-19)6-4-12-24/h2,7-10,13-15,23-24H,1,11-12H2,(H,22,25). The molecule has 1 amide bonds. The minimum atomic E-state index is -0.300. The molecule has 0 heterocycles. The van der Waals surface area contributed by atoms with Crippen LogP contribution in [0.5, 0.6) is 0 Å². The van der Waals surface area contributed by atoms with E-state index in [9.17, 15) is 4.79 Å². The van der Waals surface area contributed by atoms with Gasteiger partial charge in [-0.2, -0.15) is 0 Å². The summed E-state index contributed by atoms with van der Waals surface area (Å²) in [5, 5.41) is 20.5.